The van der Waals surface area contributed by atoms with Gasteiger partial charge in [0.25, 0.3) is 5.91 Å². The Balaban J connectivity index is 1.76. The largest absolute Gasteiger partial charge is 0.486 e. The van der Waals surface area contributed by atoms with Gasteiger partial charge in [-0.3, -0.25) is 10.1 Å². The van der Waals surface area contributed by atoms with Crippen LogP contribution in [0.25, 0.3) is 0 Å². The number of hydrogen-bond donors (Lipinski definition) is 2. The maximum absolute atomic E-state index is 12.9. The SMILES string of the molecule is CCOC(=O)Nc1cccc(C(=O)N[C@H](c2ccc3c(c2)OCCO3)C(C)C)c1. The summed E-state index contributed by atoms with van der Waals surface area (Å²) in [4.78, 5) is 24.5. The summed E-state index contributed by atoms with van der Waals surface area (Å²) in [5.74, 6) is 1.33. The van der Waals surface area contributed by atoms with Crippen LogP contribution in [0.3, 0.4) is 0 Å². The Labute approximate surface area is 170 Å². The molecule has 2 amide bonds. The van der Waals surface area contributed by atoms with Crippen molar-refractivity contribution >= 4 is 17.7 Å². The van der Waals surface area contributed by atoms with Crippen LogP contribution >= 0.6 is 0 Å². The fourth-order valence-corrected chi connectivity index (χ4v) is 3.14. The number of rotatable bonds is 6. The zero-order valence-corrected chi connectivity index (χ0v) is 16.9. The lowest BCUT2D eigenvalue weighted by molar-refractivity contribution is 0.0925. The summed E-state index contributed by atoms with van der Waals surface area (Å²) in [5, 5.41) is 5.69. The number of carbonyl (C=O) groups excluding carboxylic acids is 2. The fourth-order valence-electron chi connectivity index (χ4n) is 3.14. The van der Waals surface area contributed by atoms with E-state index in [0.29, 0.717) is 36.0 Å². The molecule has 0 aliphatic carbocycles. The molecule has 0 aromatic heterocycles. The van der Waals surface area contributed by atoms with E-state index >= 15 is 0 Å². The van der Waals surface area contributed by atoms with Gasteiger partial charge in [0.05, 0.1) is 12.6 Å². The van der Waals surface area contributed by atoms with Crippen molar-refractivity contribution in [3.8, 4) is 11.5 Å². The van der Waals surface area contributed by atoms with Crippen LogP contribution in [0.5, 0.6) is 11.5 Å². The van der Waals surface area contributed by atoms with Crippen LogP contribution in [0.15, 0.2) is 42.5 Å². The van der Waals surface area contributed by atoms with E-state index in [0.717, 1.165) is 5.56 Å². The highest BCUT2D eigenvalue weighted by Crippen LogP contribution is 2.34. The van der Waals surface area contributed by atoms with Crippen LogP contribution in [0.1, 0.15) is 42.7 Å². The molecule has 0 radical (unpaired) electrons. The van der Waals surface area contributed by atoms with E-state index in [4.69, 9.17) is 14.2 Å². The molecule has 0 saturated carbocycles. The summed E-state index contributed by atoms with van der Waals surface area (Å²) < 4.78 is 16.1. The molecule has 29 heavy (non-hydrogen) atoms. The van der Waals surface area contributed by atoms with Crippen molar-refractivity contribution in [2.24, 2.45) is 5.92 Å². The molecule has 0 saturated heterocycles. The highest BCUT2D eigenvalue weighted by atomic mass is 16.6. The van der Waals surface area contributed by atoms with E-state index in [9.17, 15) is 9.59 Å². The number of benzene rings is 2. The lowest BCUT2D eigenvalue weighted by Crippen LogP contribution is -2.32. The third kappa shape index (κ3) is 5.19. The molecule has 154 valence electrons. The van der Waals surface area contributed by atoms with Crippen molar-refractivity contribution in [1.82, 2.24) is 5.32 Å². The molecule has 7 heteroatoms. The van der Waals surface area contributed by atoms with Gasteiger partial charge < -0.3 is 19.5 Å². The Morgan fingerprint density at radius 2 is 1.83 bits per heavy atom. The molecule has 1 aliphatic rings. The van der Waals surface area contributed by atoms with Crippen molar-refractivity contribution < 1.29 is 23.8 Å². The quantitative estimate of drug-likeness (QED) is 0.763. The molecule has 3 rings (SSSR count). The van der Waals surface area contributed by atoms with Crippen molar-refractivity contribution in [1.29, 1.82) is 0 Å². The van der Waals surface area contributed by atoms with Crippen LogP contribution in [0, 0.1) is 5.92 Å². The third-order valence-corrected chi connectivity index (χ3v) is 4.53. The lowest BCUT2D eigenvalue weighted by atomic mass is 9.95. The third-order valence-electron chi connectivity index (χ3n) is 4.53. The van der Waals surface area contributed by atoms with Crippen molar-refractivity contribution in [3.63, 3.8) is 0 Å². The molecule has 0 spiro atoms. The molecule has 1 atom stereocenters. The first-order valence-electron chi connectivity index (χ1n) is 9.72. The van der Waals surface area contributed by atoms with E-state index in [1.807, 2.05) is 32.0 Å². The fraction of sp³-hybridized carbons (Fsp3) is 0.364. The summed E-state index contributed by atoms with van der Waals surface area (Å²) >= 11 is 0. The van der Waals surface area contributed by atoms with Gasteiger partial charge >= 0.3 is 6.09 Å². The topological polar surface area (TPSA) is 85.9 Å². The normalized spacial score (nSPS) is 13.5. The Morgan fingerprint density at radius 1 is 1.07 bits per heavy atom. The van der Waals surface area contributed by atoms with E-state index in [-0.39, 0.29) is 24.5 Å². The van der Waals surface area contributed by atoms with Crippen LogP contribution < -0.4 is 20.1 Å². The van der Waals surface area contributed by atoms with Gasteiger partial charge in [-0.2, -0.15) is 0 Å². The molecule has 2 aromatic rings. The highest BCUT2D eigenvalue weighted by molar-refractivity contribution is 5.96. The number of nitrogens with one attached hydrogen (secondary N) is 2. The molecule has 7 nitrogen and oxygen atoms in total. The first kappa shape index (κ1) is 20.5. The van der Waals surface area contributed by atoms with Gasteiger partial charge in [0.1, 0.15) is 13.2 Å². The molecule has 2 aromatic carbocycles. The monoisotopic (exact) mass is 398 g/mol. The molecule has 2 N–H and O–H groups in total. The zero-order valence-electron chi connectivity index (χ0n) is 16.9. The minimum atomic E-state index is -0.554. The number of hydrogen-bond acceptors (Lipinski definition) is 5. The average Bonchev–Trinajstić information content (AvgIpc) is 2.71. The van der Waals surface area contributed by atoms with Gasteiger partial charge in [-0.15, -0.1) is 0 Å². The number of anilines is 1. The predicted octanol–water partition coefficient (Wildman–Crippen LogP) is 4.15. The Morgan fingerprint density at radius 3 is 2.55 bits per heavy atom. The summed E-state index contributed by atoms with van der Waals surface area (Å²) in [6, 6.07) is 12.3. The van der Waals surface area contributed by atoms with Gasteiger partial charge in [0.2, 0.25) is 0 Å². The first-order chi connectivity index (χ1) is 14.0. The standard InChI is InChI=1S/C22H26N2O5/c1-4-27-22(26)23-17-7-5-6-16(12-17)21(25)24-20(14(2)3)15-8-9-18-19(13-15)29-11-10-28-18/h5-9,12-14,20H,4,10-11H2,1-3H3,(H,23,26)(H,24,25)/t20-/m0/s1. The second-order valence-corrected chi connectivity index (χ2v) is 7.02. The van der Waals surface area contributed by atoms with Crippen LogP contribution in [0.2, 0.25) is 0 Å². The molecule has 1 heterocycles. The Kier molecular flexibility index (Phi) is 6.59. The van der Waals surface area contributed by atoms with Crippen molar-refractivity contribution in [2.45, 2.75) is 26.8 Å². The van der Waals surface area contributed by atoms with Gasteiger partial charge in [-0.1, -0.05) is 26.0 Å². The Hall–Kier alpha value is -3.22. The van der Waals surface area contributed by atoms with E-state index in [2.05, 4.69) is 10.6 Å². The van der Waals surface area contributed by atoms with Crippen molar-refractivity contribution in [3.05, 3.63) is 53.6 Å². The van der Waals surface area contributed by atoms with Crippen LogP contribution in [-0.4, -0.2) is 31.8 Å². The zero-order chi connectivity index (χ0) is 20.8. The maximum Gasteiger partial charge on any atom is 0.411 e. The number of carbonyl (C=O) groups is 2. The average molecular weight is 398 g/mol. The lowest BCUT2D eigenvalue weighted by Gasteiger charge is -2.25. The van der Waals surface area contributed by atoms with E-state index < -0.39 is 6.09 Å². The molecular formula is C22H26N2O5. The Bertz CT molecular complexity index is 881. The summed E-state index contributed by atoms with van der Waals surface area (Å²) in [6.07, 6.45) is -0.554. The smallest absolute Gasteiger partial charge is 0.411 e. The molecule has 0 bridgehead atoms. The van der Waals surface area contributed by atoms with Gasteiger partial charge in [-0.05, 0) is 48.7 Å². The van der Waals surface area contributed by atoms with Gasteiger partial charge in [0, 0.05) is 11.3 Å². The minimum absolute atomic E-state index is 0.155. The molecule has 1 aliphatic heterocycles. The molecule has 0 unspecified atom stereocenters. The van der Waals surface area contributed by atoms with Crippen LogP contribution in [0.4, 0.5) is 10.5 Å². The van der Waals surface area contributed by atoms with E-state index in [1.54, 1.807) is 31.2 Å². The predicted molar refractivity (Wildman–Crippen MR) is 110 cm³/mol. The van der Waals surface area contributed by atoms with Gasteiger partial charge in [0.15, 0.2) is 11.5 Å². The number of amides is 2. The number of fused-ring (bicyclic) bond motifs is 1. The summed E-state index contributed by atoms with van der Waals surface area (Å²) in [5.41, 5.74) is 1.89. The maximum atomic E-state index is 12.9. The molecular weight excluding hydrogens is 372 g/mol. The summed E-state index contributed by atoms with van der Waals surface area (Å²) in [7, 11) is 0. The van der Waals surface area contributed by atoms with Gasteiger partial charge in [-0.25, -0.2) is 4.79 Å². The van der Waals surface area contributed by atoms with Crippen molar-refractivity contribution in [2.75, 3.05) is 25.1 Å². The number of ether oxygens (including phenoxy) is 3. The second-order valence-electron chi connectivity index (χ2n) is 7.02. The minimum Gasteiger partial charge on any atom is -0.486 e. The first-order valence-corrected chi connectivity index (χ1v) is 9.72. The summed E-state index contributed by atoms with van der Waals surface area (Å²) in [6.45, 7) is 7.13. The van der Waals surface area contributed by atoms with E-state index in [1.165, 1.54) is 0 Å². The second kappa shape index (κ2) is 9.32. The molecule has 0 fully saturated rings. The van der Waals surface area contributed by atoms with Crippen LogP contribution in [-0.2, 0) is 4.74 Å². The highest BCUT2D eigenvalue weighted by Gasteiger charge is 2.22.